The number of hydrogen-bond donors (Lipinski definition) is 2. The molecule has 0 radical (unpaired) electrons. The van der Waals surface area contributed by atoms with Crippen molar-refractivity contribution in [1.29, 1.82) is 0 Å². The number of nitrogens with one attached hydrogen (secondary N) is 1. The molecule has 0 aliphatic carbocycles. The van der Waals surface area contributed by atoms with Crippen molar-refractivity contribution in [2.75, 3.05) is 18.8 Å². The van der Waals surface area contributed by atoms with Crippen LogP contribution in [0, 0.1) is 0 Å². The summed E-state index contributed by atoms with van der Waals surface area (Å²) in [5.41, 5.74) is 0. The van der Waals surface area contributed by atoms with Gasteiger partial charge in [-0.1, -0.05) is 0 Å². The van der Waals surface area contributed by atoms with E-state index in [0.717, 1.165) is 18.6 Å². The Morgan fingerprint density at radius 2 is 2.20 bits per heavy atom. The van der Waals surface area contributed by atoms with E-state index in [9.17, 15) is 13.2 Å². The fourth-order valence-electron chi connectivity index (χ4n) is 1.57. The highest BCUT2D eigenvalue weighted by Crippen LogP contribution is 2.36. The number of thioether (sulfide) groups is 1. The van der Waals surface area contributed by atoms with E-state index in [1.807, 2.05) is 6.92 Å². The molecule has 1 heterocycles. The van der Waals surface area contributed by atoms with E-state index >= 15 is 0 Å². The first-order valence-electron chi connectivity index (χ1n) is 4.93. The minimum absolute atomic E-state index is 0.0331. The molecular formula is C9H16F3NOS. The zero-order chi connectivity index (χ0) is 11.5. The van der Waals surface area contributed by atoms with Crippen LogP contribution < -0.4 is 5.32 Å². The fourth-order valence-corrected chi connectivity index (χ4v) is 2.84. The van der Waals surface area contributed by atoms with E-state index in [0.29, 0.717) is 6.54 Å². The second-order valence-corrected chi connectivity index (χ2v) is 5.77. The lowest BCUT2D eigenvalue weighted by atomic mass is 10.1. The smallest absolute Gasteiger partial charge is 0.382 e. The fraction of sp³-hybridized carbons (Fsp3) is 1.00. The first kappa shape index (κ1) is 13.1. The Kier molecular flexibility index (Phi) is 4.31. The summed E-state index contributed by atoms with van der Waals surface area (Å²) in [4.78, 5) is 0. The van der Waals surface area contributed by atoms with Crippen LogP contribution in [-0.4, -0.2) is 41.0 Å². The van der Waals surface area contributed by atoms with Crippen molar-refractivity contribution in [2.45, 2.75) is 36.8 Å². The van der Waals surface area contributed by atoms with Gasteiger partial charge < -0.3 is 10.4 Å². The monoisotopic (exact) mass is 243 g/mol. The Morgan fingerprint density at radius 3 is 2.67 bits per heavy atom. The van der Waals surface area contributed by atoms with Gasteiger partial charge in [-0.25, -0.2) is 0 Å². The number of hydrogen-bond acceptors (Lipinski definition) is 3. The molecule has 1 aliphatic rings. The summed E-state index contributed by atoms with van der Waals surface area (Å²) in [5.74, 6) is 1.07. The van der Waals surface area contributed by atoms with Crippen LogP contribution in [0.5, 0.6) is 0 Å². The molecular weight excluding hydrogens is 227 g/mol. The minimum Gasteiger partial charge on any atom is -0.382 e. The summed E-state index contributed by atoms with van der Waals surface area (Å²) in [7, 11) is 0. The van der Waals surface area contributed by atoms with Gasteiger partial charge in [0.25, 0.3) is 0 Å². The zero-order valence-electron chi connectivity index (χ0n) is 8.60. The standard InChI is InChI=1S/C9H16F3NOS/c1-8(3-2-4-15-8)6-13-5-7(14)9(10,11)12/h7,13-14H,2-6H2,1H3. The third-order valence-corrected chi connectivity index (χ3v) is 4.05. The van der Waals surface area contributed by atoms with Crippen LogP contribution in [-0.2, 0) is 0 Å². The van der Waals surface area contributed by atoms with E-state index in [2.05, 4.69) is 5.32 Å². The van der Waals surface area contributed by atoms with Crippen LogP contribution in [0.4, 0.5) is 13.2 Å². The molecule has 1 rings (SSSR count). The first-order valence-corrected chi connectivity index (χ1v) is 5.91. The van der Waals surface area contributed by atoms with Gasteiger partial charge >= 0.3 is 6.18 Å². The molecule has 90 valence electrons. The van der Waals surface area contributed by atoms with Crippen molar-refractivity contribution in [3.63, 3.8) is 0 Å². The Labute approximate surface area is 91.6 Å². The molecule has 6 heteroatoms. The molecule has 2 atom stereocenters. The van der Waals surface area contributed by atoms with Crippen molar-refractivity contribution in [2.24, 2.45) is 0 Å². The van der Waals surface area contributed by atoms with Gasteiger partial charge in [-0.05, 0) is 25.5 Å². The number of alkyl halides is 3. The normalized spacial score (nSPS) is 29.4. The summed E-state index contributed by atoms with van der Waals surface area (Å²) >= 11 is 1.78. The van der Waals surface area contributed by atoms with E-state index in [-0.39, 0.29) is 4.75 Å². The third kappa shape index (κ3) is 4.20. The molecule has 2 unspecified atom stereocenters. The minimum atomic E-state index is -4.52. The van der Waals surface area contributed by atoms with Gasteiger partial charge in [0.2, 0.25) is 0 Å². The van der Waals surface area contributed by atoms with E-state index in [1.165, 1.54) is 0 Å². The molecule has 0 amide bonds. The van der Waals surface area contributed by atoms with Gasteiger partial charge in [-0.3, -0.25) is 0 Å². The molecule has 1 saturated heterocycles. The molecule has 15 heavy (non-hydrogen) atoms. The van der Waals surface area contributed by atoms with Gasteiger partial charge in [0, 0.05) is 17.8 Å². The maximum Gasteiger partial charge on any atom is 0.415 e. The summed E-state index contributed by atoms with van der Waals surface area (Å²) < 4.78 is 35.9. The molecule has 0 bridgehead atoms. The quantitative estimate of drug-likeness (QED) is 0.789. The van der Waals surface area contributed by atoms with Crippen molar-refractivity contribution < 1.29 is 18.3 Å². The second-order valence-electron chi connectivity index (χ2n) is 4.09. The molecule has 2 N–H and O–H groups in total. The molecule has 0 spiro atoms. The lowest BCUT2D eigenvalue weighted by molar-refractivity contribution is -0.201. The van der Waals surface area contributed by atoms with Crippen molar-refractivity contribution in [1.82, 2.24) is 5.32 Å². The van der Waals surface area contributed by atoms with Crippen LogP contribution in [0.15, 0.2) is 0 Å². The lowest BCUT2D eigenvalue weighted by Crippen LogP contribution is -2.42. The maximum absolute atomic E-state index is 11.9. The predicted octanol–water partition coefficient (Wildman–Crippen LogP) is 1.78. The van der Waals surface area contributed by atoms with Crippen molar-refractivity contribution in [3.05, 3.63) is 0 Å². The van der Waals surface area contributed by atoms with Gasteiger partial charge in [-0.15, -0.1) is 0 Å². The number of aliphatic hydroxyl groups excluding tert-OH is 1. The number of aliphatic hydroxyl groups is 1. The summed E-state index contributed by atoms with van der Waals surface area (Å²) in [5, 5.41) is 11.4. The largest absolute Gasteiger partial charge is 0.415 e. The molecule has 1 aliphatic heterocycles. The van der Waals surface area contributed by atoms with Crippen LogP contribution in [0.1, 0.15) is 19.8 Å². The number of halogens is 3. The molecule has 0 aromatic carbocycles. The average Bonchev–Trinajstić information content (AvgIpc) is 2.50. The summed E-state index contributed by atoms with van der Waals surface area (Å²) in [6.07, 6.45) is -4.64. The molecule has 0 aromatic heterocycles. The van der Waals surface area contributed by atoms with Crippen LogP contribution in [0.2, 0.25) is 0 Å². The highest BCUT2D eigenvalue weighted by atomic mass is 32.2. The van der Waals surface area contributed by atoms with Gasteiger partial charge in [0.1, 0.15) is 0 Å². The second kappa shape index (κ2) is 4.93. The predicted molar refractivity (Wildman–Crippen MR) is 55.0 cm³/mol. The topological polar surface area (TPSA) is 32.3 Å². The Hall–Kier alpha value is 0.0600. The SMILES string of the molecule is CC1(CNCC(O)C(F)(F)F)CCCS1. The molecule has 2 nitrogen and oxygen atoms in total. The van der Waals surface area contributed by atoms with Gasteiger partial charge in [-0.2, -0.15) is 24.9 Å². The zero-order valence-corrected chi connectivity index (χ0v) is 9.42. The Balaban J connectivity index is 2.21. The van der Waals surface area contributed by atoms with E-state index in [1.54, 1.807) is 11.8 Å². The average molecular weight is 243 g/mol. The summed E-state index contributed by atoms with van der Waals surface area (Å²) in [6.45, 7) is 2.14. The molecule has 0 aromatic rings. The van der Waals surface area contributed by atoms with E-state index < -0.39 is 18.8 Å². The van der Waals surface area contributed by atoms with Crippen molar-refractivity contribution in [3.8, 4) is 0 Å². The highest BCUT2D eigenvalue weighted by Gasteiger charge is 2.38. The van der Waals surface area contributed by atoms with Gasteiger partial charge in [0.05, 0.1) is 0 Å². The van der Waals surface area contributed by atoms with Crippen molar-refractivity contribution >= 4 is 11.8 Å². The Bertz CT molecular complexity index is 204. The van der Waals surface area contributed by atoms with E-state index in [4.69, 9.17) is 5.11 Å². The van der Waals surface area contributed by atoms with Crippen LogP contribution in [0.25, 0.3) is 0 Å². The lowest BCUT2D eigenvalue weighted by Gasteiger charge is -2.24. The van der Waals surface area contributed by atoms with Gasteiger partial charge in [0.15, 0.2) is 6.10 Å². The first-order chi connectivity index (χ1) is 6.83. The molecule has 0 saturated carbocycles. The summed E-state index contributed by atoms with van der Waals surface area (Å²) in [6, 6.07) is 0. The number of rotatable bonds is 4. The van der Waals surface area contributed by atoms with Crippen LogP contribution in [0.3, 0.4) is 0 Å². The third-order valence-electron chi connectivity index (χ3n) is 2.51. The highest BCUT2D eigenvalue weighted by molar-refractivity contribution is 8.00. The maximum atomic E-state index is 11.9. The van der Waals surface area contributed by atoms with Crippen LogP contribution >= 0.6 is 11.8 Å². The molecule has 1 fully saturated rings. The Morgan fingerprint density at radius 1 is 1.53 bits per heavy atom.